The Morgan fingerprint density at radius 1 is 1.14 bits per heavy atom. The van der Waals surface area contributed by atoms with Gasteiger partial charge in [0.25, 0.3) is 0 Å². The Bertz CT molecular complexity index is 618. The van der Waals surface area contributed by atoms with Crippen molar-refractivity contribution < 1.29 is 0 Å². The minimum atomic E-state index is 0.299. The minimum Gasteiger partial charge on any atom is -0.356 e. The predicted molar refractivity (Wildman–Crippen MR) is 88.8 cm³/mol. The smallest absolute Gasteiger partial charge is 0.133 e. The van der Waals surface area contributed by atoms with Crippen molar-refractivity contribution in [2.24, 2.45) is 5.73 Å². The average Bonchev–Trinajstić information content (AvgIpc) is 2.56. The summed E-state index contributed by atoms with van der Waals surface area (Å²) < 4.78 is 0. The van der Waals surface area contributed by atoms with Gasteiger partial charge in [-0.25, -0.2) is 9.97 Å². The third-order valence-corrected chi connectivity index (χ3v) is 4.09. The molecule has 22 heavy (non-hydrogen) atoms. The summed E-state index contributed by atoms with van der Waals surface area (Å²) in [5.41, 5.74) is 8.05. The first kappa shape index (κ1) is 14.9. The van der Waals surface area contributed by atoms with Crippen molar-refractivity contribution in [3.05, 3.63) is 36.4 Å². The molecule has 0 atom stereocenters. The molecule has 2 aromatic rings. The van der Waals surface area contributed by atoms with Crippen molar-refractivity contribution in [3.63, 3.8) is 0 Å². The van der Waals surface area contributed by atoms with E-state index in [1.165, 1.54) is 0 Å². The van der Waals surface area contributed by atoms with Crippen LogP contribution < -0.4 is 10.6 Å². The molecule has 0 unspecified atom stereocenters. The highest BCUT2D eigenvalue weighted by molar-refractivity contribution is 5.62. The summed E-state index contributed by atoms with van der Waals surface area (Å²) in [7, 11) is 0. The molecule has 0 saturated carbocycles. The molecular weight excluding hydrogens is 274 g/mol. The van der Waals surface area contributed by atoms with Crippen LogP contribution in [0.5, 0.6) is 0 Å². The molecule has 0 aliphatic carbocycles. The van der Waals surface area contributed by atoms with Crippen LogP contribution >= 0.6 is 0 Å². The van der Waals surface area contributed by atoms with Crippen molar-refractivity contribution in [1.82, 2.24) is 15.0 Å². The van der Waals surface area contributed by atoms with E-state index in [0.29, 0.717) is 12.0 Å². The number of piperidine rings is 1. The van der Waals surface area contributed by atoms with Crippen molar-refractivity contribution in [2.45, 2.75) is 38.6 Å². The summed E-state index contributed by atoms with van der Waals surface area (Å²) in [5.74, 6) is 2.20. The largest absolute Gasteiger partial charge is 0.356 e. The Hall–Kier alpha value is -2.01. The zero-order valence-electron chi connectivity index (χ0n) is 13.2. The summed E-state index contributed by atoms with van der Waals surface area (Å²) >= 11 is 0. The third kappa shape index (κ3) is 3.25. The number of hydrogen-bond acceptors (Lipinski definition) is 5. The molecule has 3 rings (SSSR count). The van der Waals surface area contributed by atoms with Crippen molar-refractivity contribution in [2.75, 3.05) is 18.0 Å². The summed E-state index contributed by atoms with van der Waals surface area (Å²) in [5, 5.41) is 0. The number of nitrogens with two attached hydrogens (primary N) is 1. The molecule has 0 spiro atoms. The summed E-state index contributed by atoms with van der Waals surface area (Å²) in [6, 6.07) is 6.38. The molecule has 0 bridgehead atoms. The fourth-order valence-corrected chi connectivity index (χ4v) is 2.67. The predicted octanol–water partition coefficient (Wildman–Crippen LogP) is 2.59. The van der Waals surface area contributed by atoms with Crippen LogP contribution in [0.15, 0.2) is 30.6 Å². The number of hydrogen-bond donors (Lipinski definition) is 1. The molecular formula is C17H23N5. The van der Waals surface area contributed by atoms with Crippen molar-refractivity contribution in [3.8, 4) is 11.3 Å². The zero-order valence-corrected chi connectivity index (χ0v) is 13.2. The van der Waals surface area contributed by atoms with Crippen molar-refractivity contribution >= 4 is 5.82 Å². The van der Waals surface area contributed by atoms with Crippen LogP contribution in [0.25, 0.3) is 11.3 Å². The van der Waals surface area contributed by atoms with Gasteiger partial charge in [-0.05, 0) is 25.0 Å². The van der Waals surface area contributed by atoms with Crippen LogP contribution in [0.2, 0.25) is 0 Å². The molecule has 0 radical (unpaired) electrons. The first-order valence-electron chi connectivity index (χ1n) is 7.93. The Morgan fingerprint density at radius 3 is 2.45 bits per heavy atom. The summed E-state index contributed by atoms with van der Waals surface area (Å²) in [6.07, 6.45) is 5.63. The Balaban J connectivity index is 1.97. The van der Waals surface area contributed by atoms with Gasteiger partial charge in [0.05, 0.1) is 5.69 Å². The van der Waals surface area contributed by atoms with Gasteiger partial charge in [0.2, 0.25) is 0 Å². The molecule has 1 fully saturated rings. The maximum atomic E-state index is 6.01. The minimum absolute atomic E-state index is 0.299. The fourth-order valence-electron chi connectivity index (χ4n) is 2.67. The second-order valence-electron chi connectivity index (χ2n) is 6.18. The van der Waals surface area contributed by atoms with Crippen LogP contribution in [0.3, 0.4) is 0 Å². The molecule has 1 saturated heterocycles. The van der Waals surface area contributed by atoms with Gasteiger partial charge >= 0.3 is 0 Å². The monoisotopic (exact) mass is 297 g/mol. The van der Waals surface area contributed by atoms with Gasteiger partial charge < -0.3 is 10.6 Å². The first-order chi connectivity index (χ1) is 10.6. The van der Waals surface area contributed by atoms with E-state index in [0.717, 1.165) is 48.8 Å². The van der Waals surface area contributed by atoms with Gasteiger partial charge in [0, 0.05) is 49.1 Å². The standard InChI is InChI=1S/C17H23N5/c1-12(2)17-20-15(13-3-7-19-8-4-13)11-16(21-17)22-9-5-14(18)6-10-22/h3-4,7-8,11-12,14H,5-6,9-10,18H2,1-2H3. The molecule has 0 amide bonds. The number of nitrogens with zero attached hydrogens (tertiary/aromatic N) is 4. The molecule has 3 heterocycles. The molecule has 2 N–H and O–H groups in total. The number of aromatic nitrogens is 3. The van der Waals surface area contributed by atoms with Gasteiger partial charge in [0.15, 0.2) is 0 Å². The van der Waals surface area contributed by atoms with Crippen molar-refractivity contribution in [1.29, 1.82) is 0 Å². The number of rotatable bonds is 3. The molecule has 1 aliphatic heterocycles. The molecule has 2 aromatic heterocycles. The van der Waals surface area contributed by atoms with E-state index in [1.54, 1.807) is 12.4 Å². The zero-order chi connectivity index (χ0) is 15.5. The fraction of sp³-hybridized carbons (Fsp3) is 0.471. The molecule has 5 heteroatoms. The highest BCUT2D eigenvalue weighted by Crippen LogP contribution is 2.25. The molecule has 0 aromatic carbocycles. The molecule has 5 nitrogen and oxygen atoms in total. The number of anilines is 1. The van der Waals surface area contributed by atoms with E-state index in [9.17, 15) is 0 Å². The van der Waals surface area contributed by atoms with E-state index < -0.39 is 0 Å². The van der Waals surface area contributed by atoms with Crippen LogP contribution in [0.4, 0.5) is 5.82 Å². The second kappa shape index (κ2) is 6.40. The highest BCUT2D eigenvalue weighted by atomic mass is 15.2. The normalized spacial score (nSPS) is 16.3. The average molecular weight is 297 g/mol. The van der Waals surface area contributed by atoms with E-state index in [2.05, 4.69) is 29.8 Å². The number of pyridine rings is 1. The highest BCUT2D eigenvalue weighted by Gasteiger charge is 2.19. The SMILES string of the molecule is CC(C)c1nc(-c2ccncc2)cc(N2CCC(N)CC2)n1. The van der Waals surface area contributed by atoms with E-state index in [1.807, 2.05) is 12.1 Å². The Labute approximate surface area is 131 Å². The van der Waals surface area contributed by atoms with Gasteiger partial charge in [-0.15, -0.1) is 0 Å². The second-order valence-corrected chi connectivity index (χ2v) is 6.18. The first-order valence-corrected chi connectivity index (χ1v) is 7.93. The molecule has 1 aliphatic rings. The topological polar surface area (TPSA) is 67.9 Å². The van der Waals surface area contributed by atoms with Gasteiger partial charge in [0.1, 0.15) is 11.6 Å². The lowest BCUT2D eigenvalue weighted by Gasteiger charge is -2.31. The lowest BCUT2D eigenvalue weighted by molar-refractivity contribution is 0.498. The quantitative estimate of drug-likeness (QED) is 0.943. The summed E-state index contributed by atoms with van der Waals surface area (Å²) in [4.78, 5) is 15.9. The van der Waals surface area contributed by atoms with E-state index in [-0.39, 0.29) is 0 Å². The van der Waals surface area contributed by atoms with Gasteiger partial charge in [-0.1, -0.05) is 13.8 Å². The van der Waals surface area contributed by atoms with Crippen LogP contribution in [0, 0.1) is 0 Å². The van der Waals surface area contributed by atoms with Gasteiger partial charge in [-0.2, -0.15) is 0 Å². The summed E-state index contributed by atoms with van der Waals surface area (Å²) in [6.45, 7) is 6.18. The lowest BCUT2D eigenvalue weighted by Crippen LogP contribution is -2.40. The van der Waals surface area contributed by atoms with E-state index >= 15 is 0 Å². The lowest BCUT2D eigenvalue weighted by atomic mass is 10.1. The Morgan fingerprint density at radius 2 is 1.82 bits per heavy atom. The van der Waals surface area contributed by atoms with Crippen LogP contribution in [-0.2, 0) is 0 Å². The van der Waals surface area contributed by atoms with Gasteiger partial charge in [-0.3, -0.25) is 4.98 Å². The van der Waals surface area contributed by atoms with Crippen LogP contribution in [-0.4, -0.2) is 34.1 Å². The maximum Gasteiger partial charge on any atom is 0.133 e. The Kier molecular flexibility index (Phi) is 4.34. The van der Waals surface area contributed by atoms with Crippen LogP contribution in [0.1, 0.15) is 38.4 Å². The maximum absolute atomic E-state index is 6.01. The van der Waals surface area contributed by atoms with E-state index in [4.69, 9.17) is 15.7 Å². The molecule has 116 valence electrons. The third-order valence-electron chi connectivity index (χ3n) is 4.09.